The van der Waals surface area contributed by atoms with Gasteiger partial charge in [0, 0.05) is 32.4 Å². The van der Waals surface area contributed by atoms with Crippen molar-refractivity contribution in [2.75, 3.05) is 13.6 Å². The van der Waals surface area contributed by atoms with Crippen LogP contribution < -0.4 is 4.74 Å². The first kappa shape index (κ1) is 22.4. The molecule has 4 rings (SSSR count). The second kappa shape index (κ2) is 10.1. The summed E-state index contributed by atoms with van der Waals surface area (Å²) < 4.78 is 6.11. The number of halogens is 1. The van der Waals surface area contributed by atoms with Crippen LogP contribution >= 0.6 is 12.4 Å². The van der Waals surface area contributed by atoms with Crippen LogP contribution in [0.5, 0.6) is 11.5 Å². The number of nitrogens with one attached hydrogen (secondary N) is 1. The van der Waals surface area contributed by atoms with Gasteiger partial charge in [-0.25, -0.2) is 4.98 Å². The molecule has 0 saturated carbocycles. The number of H-pyrrole nitrogens is 1. The first-order valence-corrected chi connectivity index (χ1v) is 10.2. The molecule has 1 unspecified atom stereocenters. The highest BCUT2D eigenvalue weighted by atomic mass is 35.5. The fourth-order valence-electron chi connectivity index (χ4n) is 3.87. The van der Waals surface area contributed by atoms with Gasteiger partial charge in [0.25, 0.3) is 0 Å². The van der Waals surface area contributed by atoms with E-state index in [0.717, 1.165) is 42.8 Å². The van der Waals surface area contributed by atoms with Crippen LogP contribution in [0.4, 0.5) is 0 Å². The summed E-state index contributed by atoms with van der Waals surface area (Å²) in [7, 11) is 1.87. The van der Waals surface area contributed by atoms with Crippen LogP contribution in [0.15, 0.2) is 54.9 Å². The molecule has 1 amide bonds. The van der Waals surface area contributed by atoms with Crippen LogP contribution in [0.3, 0.4) is 0 Å². The number of rotatable bonds is 5. The highest BCUT2D eigenvalue weighted by molar-refractivity contribution is 5.85. The number of likely N-dealkylation sites (tertiary alicyclic amines) is 1. The molecule has 3 aromatic rings. The average molecular weight is 437 g/mol. The molecule has 6 nitrogen and oxygen atoms in total. The lowest BCUT2D eigenvalue weighted by molar-refractivity contribution is -0.130. The molecule has 0 radical (unpaired) electrons. The third-order valence-corrected chi connectivity index (χ3v) is 5.49. The van der Waals surface area contributed by atoms with Crippen molar-refractivity contribution < 1.29 is 9.53 Å². The Morgan fingerprint density at radius 2 is 2.13 bits per heavy atom. The number of hydrogen-bond acceptors (Lipinski definition) is 4. The Labute approximate surface area is 188 Å². The highest BCUT2D eigenvalue weighted by Crippen LogP contribution is 2.32. The number of carbonyl (C=O) groups is 1. The van der Waals surface area contributed by atoms with Crippen LogP contribution in [-0.2, 0) is 11.2 Å². The van der Waals surface area contributed by atoms with E-state index in [9.17, 15) is 10.1 Å². The number of imidazole rings is 1. The molecule has 31 heavy (non-hydrogen) atoms. The topological polar surface area (TPSA) is 82.0 Å². The Morgan fingerprint density at radius 3 is 2.90 bits per heavy atom. The maximum absolute atomic E-state index is 12.7. The number of benzene rings is 2. The normalized spacial score (nSPS) is 16.2. The summed E-state index contributed by atoms with van der Waals surface area (Å²) in [5.74, 6) is 1.98. The number of ether oxygens (including phenoxy) is 1. The Hall–Kier alpha value is -3.30. The molecular formula is C24H25ClN4O2. The first-order chi connectivity index (χ1) is 14.6. The summed E-state index contributed by atoms with van der Waals surface area (Å²) in [5.41, 5.74) is 2.42. The lowest BCUT2D eigenvalue weighted by Gasteiger charge is -2.20. The van der Waals surface area contributed by atoms with E-state index < -0.39 is 0 Å². The fourth-order valence-corrected chi connectivity index (χ4v) is 3.87. The first-order valence-electron chi connectivity index (χ1n) is 10.2. The SMILES string of the molecule is CN1CCCCC(c2cccc(Oc3cc(Cc4ncc[nH]4)ccc3C#N)c2)C1=O.Cl. The van der Waals surface area contributed by atoms with Crippen LogP contribution in [0.1, 0.15) is 47.7 Å². The lowest BCUT2D eigenvalue weighted by Crippen LogP contribution is -2.30. The standard InChI is InChI=1S/C24H24N4O2.ClH/c1-28-12-3-2-7-21(24(28)29)18-5-4-6-20(15-18)30-22-13-17(8-9-19(22)16-25)14-23-26-10-11-27-23;/h4-6,8-11,13,15,21H,2-3,7,12,14H2,1H3,(H,26,27);1H. The molecular weight excluding hydrogens is 412 g/mol. The van der Waals surface area contributed by atoms with Crippen LogP contribution in [0, 0.1) is 11.3 Å². The van der Waals surface area contributed by atoms with Crippen molar-refractivity contribution in [2.24, 2.45) is 0 Å². The van der Waals surface area contributed by atoms with Gasteiger partial charge in [-0.15, -0.1) is 12.4 Å². The quantitative estimate of drug-likeness (QED) is 0.622. The molecule has 1 fully saturated rings. The van der Waals surface area contributed by atoms with Gasteiger partial charge in [0.15, 0.2) is 0 Å². The Kier molecular flexibility index (Phi) is 7.32. The zero-order valence-electron chi connectivity index (χ0n) is 17.4. The van der Waals surface area contributed by atoms with Gasteiger partial charge in [-0.05, 0) is 48.2 Å². The zero-order chi connectivity index (χ0) is 20.9. The van der Waals surface area contributed by atoms with Crippen molar-refractivity contribution >= 4 is 18.3 Å². The number of aromatic nitrogens is 2. The van der Waals surface area contributed by atoms with E-state index in [1.54, 1.807) is 18.5 Å². The summed E-state index contributed by atoms with van der Waals surface area (Å²) >= 11 is 0. The smallest absolute Gasteiger partial charge is 0.229 e. The van der Waals surface area contributed by atoms with Gasteiger partial charge in [-0.2, -0.15) is 5.26 Å². The van der Waals surface area contributed by atoms with Gasteiger partial charge in [-0.1, -0.05) is 24.6 Å². The summed E-state index contributed by atoms with van der Waals surface area (Å²) in [6.07, 6.45) is 7.02. The van der Waals surface area contributed by atoms with Gasteiger partial charge >= 0.3 is 0 Å². The molecule has 7 heteroatoms. The van der Waals surface area contributed by atoms with Gasteiger partial charge in [0.2, 0.25) is 5.91 Å². The van der Waals surface area contributed by atoms with Crippen molar-refractivity contribution in [3.8, 4) is 17.6 Å². The monoisotopic (exact) mass is 436 g/mol. The van der Waals surface area contributed by atoms with Crippen LogP contribution in [0.25, 0.3) is 0 Å². The summed E-state index contributed by atoms with van der Waals surface area (Å²) in [6, 6.07) is 15.4. The second-order valence-corrected chi connectivity index (χ2v) is 7.64. The van der Waals surface area contributed by atoms with Crippen molar-refractivity contribution in [2.45, 2.75) is 31.6 Å². The van der Waals surface area contributed by atoms with Crippen molar-refractivity contribution in [1.29, 1.82) is 5.26 Å². The molecule has 1 saturated heterocycles. The van der Waals surface area contributed by atoms with Gasteiger partial charge in [0.1, 0.15) is 23.4 Å². The minimum Gasteiger partial charge on any atom is -0.456 e. The number of likely N-dealkylation sites (N-methyl/N-ethyl adjacent to an activating group) is 1. The predicted octanol–water partition coefficient (Wildman–Crippen LogP) is 4.81. The lowest BCUT2D eigenvalue weighted by atomic mass is 9.93. The number of nitriles is 1. The Balaban J connectivity index is 0.00000272. The molecule has 160 valence electrons. The molecule has 2 heterocycles. The molecule has 1 aliphatic heterocycles. The minimum atomic E-state index is -0.151. The number of carbonyl (C=O) groups excluding carboxylic acids is 1. The third kappa shape index (κ3) is 5.25. The van der Waals surface area contributed by atoms with E-state index in [2.05, 4.69) is 16.0 Å². The van der Waals surface area contributed by atoms with Crippen molar-refractivity contribution in [1.82, 2.24) is 14.9 Å². The van der Waals surface area contributed by atoms with Crippen molar-refractivity contribution in [3.63, 3.8) is 0 Å². The van der Waals surface area contributed by atoms with Gasteiger partial charge < -0.3 is 14.6 Å². The average Bonchev–Trinajstić information content (AvgIpc) is 3.20. The number of nitrogens with zero attached hydrogens (tertiary/aromatic N) is 3. The van der Waals surface area contributed by atoms with E-state index >= 15 is 0 Å². The predicted molar refractivity (Wildman–Crippen MR) is 121 cm³/mol. The molecule has 1 atom stereocenters. The summed E-state index contributed by atoms with van der Waals surface area (Å²) in [5, 5.41) is 9.50. The molecule has 1 aromatic heterocycles. The minimum absolute atomic E-state index is 0. The Morgan fingerprint density at radius 1 is 1.26 bits per heavy atom. The summed E-state index contributed by atoms with van der Waals surface area (Å²) in [4.78, 5) is 21.9. The zero-order valence-corrected chi connectivity index (χ0v) is 18.2. The molecule has 1 N–H and O–H groups in total. The third-order valence-electron chi connectivity index (χ3n) is 5.49. The van der Waals surface area contributed by atoms with E-state index in [4.69, 9.17) is 4.74 Å². The van der Waals surface area contributed by atoms with Crippen LogP contribution in [-0.4, -0.2) is 34.4 Å². The fraction of sp³-hybridized carbons (Fsp3) is 0.292. The highest BCUT2D eigenvalue weighted by Gasteiger charge is 2.26. The van der Waals surface area contributed by atoms with E-state index in [0.29, 0.717) is 23.5 Å². The molecule has 0 bridgehead atoms. The van der Waals surface area contributed by atoms with Crippen LogP contribution in [0.2, 0.25) is 0 Å². The molecule has 2 aromatic carbocycles. The molecule has 0 aliphatic carbocycles. The summed E-state index contributed by atoms with van der Waals surface area (Å²) in [6.45, 7) is 0.805. The van der Waals surface area contributed by atoms with E-state index in [1.165, 1.54) is 0 Å². The largest absolute Gasteiger partial charge is 0.456 e. The second-order valence-electron chi connectivity index (χ2n) is 7.64. The number of aromatic amines is 1. The van der Waals surface area contributed by atoms with E-state index in [-0.39, 0.29) is 24.2 Å². The number of hydrogen-bond donors (Lipinski definition) is 1. The maximum Gasteiger partial charge on any atom is 0.229 e. The van der Waals surface area contributed by atoms with E-state index in [1.807, 2.05) is 48.3 Å². The molecule has 1 aliphatic rings. The molecule has 0 spiro atoms. The van der Waals surface area contributed by atoms with Gasteiger partial charge in [0.05, 0.1) is 11.5 Å². The maximum atomic E-state index is 12.7. The Bertz CT molecular complexity index is 1080. The van der Waals surface area contributed by atoms with Gasteiger partial charge in [-0.3, -0.25) is 4.79 Å². The number of amides is 1. The van der Waals surface area contributed by atoms with Crippen molar-refractivity contribution in [3.05, 3.63) is 77.4 Å².